The summed E-state index contributed by atoms with van der Waals surface area (Å²) in [5.41, 5.74) is -0.192. The van der Waals surface area contributed by atoms with Crippen LogP contribution >= 0.6 is 0 Å². The van der Waals surface area contributed by atoms with Crippen molar-refractivity contribution in [2.24, 2.45) is 0 Å². The molecule has 3 rings (SSSR count). The number of ether oxygens (including phenoxy) is 2. The lowest BCUT2D eigenvalue weighted by molar-refractivity contribution is 0.0277. The number of hydrogen-bond donors (Lipinski definition) is 1. The third kappa shape index (κ3) is 9.43. The van der Waals surface area contributed by atoms with E-state index in [1.165, 1.54) is 0 Å². The highest BCUT2D eigenvalue weighted by atomic mass is 32.2. The van der Waals surface area contributed by atoms with Crippen LogP contribution in [0.5, 0.6) is 5.75 Å². The van der Waals surface area contributed by atoms with Gasteiger partial charge in [0.25, 0.3) is 15.5 Å². The van der Waals surface area contributed by atoms with E-state index in [1.54, 1.807) is 24.3 Å². The molecule has 1 heterocycles. The number of carbonyl (C=O) groups excluding carboxylic acids is 1. The van der Waals surface area contributed by atoms with Crippen molar-refractivity contribution in [3.63, 3.8) is 0 Å². The molecule has 0 aliphatic carbocycles. The molecular formula is C27H34N2O8SSi. The number of hydrogen-bond acceptors (Lipinski definition) is 9. The molecule has 0 saturated heterocycles. The van der Waals surface area contributed by atoms with Crippen molar-refractivity contribution in [3.8, 4) is 5.75 Å². The van der Waals surface area contributed by atoms with E-state index in [2.05, 4.69) is 24.7 Å². The van der Waals surface area contributed by atoms with Crippen LogP contribution in [0.3, 0.4) is 0 Å². The van der Waals surface area contributed by atoms with Crippen molar-refractivity contribution in [2.45, 2.75) is 44.4 Å². The average Bonchev–Trinajstić information content (AvgIpc) is 2.87. The third-order valence-electron chi connectivity index (χ3n) is 5.73. The van der Waals surface area contributed by atoms with E-state index in [0.717, 1.165) is 34.3 Å². The summed E-state index contributed by atoms with van der Waals surface area (Å²) in [6, 6.07) is 19.0. The number of esters is 1. The molecule has 0 saturated carbocycles. The second-order valence-corrected chi connectivity index (χ2v) is 17.5. The molecule has 210 valence electrons. The van der Waals surface area contributed by atoms with E-state index in [-0.39, 0.29) is 6.73 Å². The van der Waals surface area contributed by atoms with Gasteiger partial charge in [-0.15, -0.1) is 0 Å². The molecule has 1 aromatic heterocycles. The zero-order valence-electron chi connectivity index (χ0n) is 22.4. The normalized spacial score (nSPS) is 12.8. The van der Waals surface area contributed by atoms with E-state index in [1.807, 2.05) is 36.4 Å². The van der Waals surface area contributed by atoms with Gasteiger partial charge >= 0.3 is 5.97 Å². The summed E-state index contributed by atoms with van der Waals surface area (Å²) in [6.07, 6.45) is 0.828. The summed E-state index contributed by atoms with van der Waals surface area (Å²) in [4.78, 5) is 25.4. The maximum atomic E-state index is 12.9. The molecule has 39 heavy (non-hydrogen) atoms. The third-order valence-corrected chi connectivity index (χ3v) is 8.03. The van der Waals surface area contributed by atoms with Gasteiger partial charge in [-0.3, -0.25) is 8.98 Å². The first-order valence-electron chi connectivity index (χ1n) is 12.4. The first-order valence-corrected chi connectivity index (χ1v) is 17.9. The summed E-state index contributed by atoms with van der Waals surface area (Å²) in [6.45, 7) is 6.49. The van der Waals surface area contributed by atoms with Crippen LogP contribution in [-0.2, 0) is 30.5 Å². The lowest BCUT2D eigenvalue weighted by Gasteiger charge is -2.27. The Morgan fingerprint density at radius 2 is 1.59 bits per heavy atom. The highest BCUT2D eigenvalue weighted by Crippen LogP contribution is 2.31. The molecule has 0 bridgehead atoms. The standard InChI is InChI=1S/C27H34N2O8SSi/c1-38(33,34)37-23(24(20-11-7-5-8-12-20)21-13-9-6-10-14-21)18-36-27(32)25-26(31)22(30)17-29(28-25)19-35-15-16-39(2,3)4/h5-14,17,23-24,30H,15-16,18-19H2,1-4H3. The fourth-order valence-corrected chi connectivity index (χ4v) is 5.21. The van der Waals surface area contributed by atoms with Gasteiger partial charge in [0.15, 0.2) is 5.75 Å². The minimum Gasteiger partial charge on any atom is -0.503 e. The summed E-state index contributed by atoms with van der Waals surface area (Å²) in [5.74, 6) is -2.45. The second-order valence-electron chi connectivity index (χ2n) is 10.3. The average molecular weight is 575 g/mol. The van der Waals surface area contributed by atoms with Gasteiger partial charge in [0, 0.05) is 20.6 Å². The molecule has 0 radical (unpaired) electrons. The molecule has 10 nitrogen and oxygen atoms in total. The second kappa shape index (κ2) is 13.2. The number of aromatic hydroxyl groups is 1. The van der Waals surface area contributed by atoms with Crippen molar-refractivity contribution in [1.82, 2.24) is 9.78 Å². The number of nitrogens with zero attached hydrogens (tertiary/aromatic N) is 2. The first-order chi connectivity index (χ1) is 18.3. The largest absolute Gasteiger partial charge is 0.503 e. The van der Waals surface area contributed by atoms with Gasteiger partial charge in [0.05, 0.1) is 12.5 Å². The topological polar surface area (TPSA) is 134 Å². The Morgan fingerprint density at radius 1 is 1.03 bits per heavy atom. The lowest BCUT2D eigenvalue weighted by Crippen LogP contribution is -2.33. The van der Waals surface area contributed by atoms with E-state index in [9.17, 15) is 23.1 Å². The maximum absolute atomic E-state index is 12.9. The van der Waals surface area contributed by atoms with Crippen molar-refractivity contribution >= 4 is 24.2 Å². The van der Waals surface area contributed by atoms with Gasteiger partial charge in [-0.25, -0.2) is 9.48 Å². The molecule has 0 amide bonds. The molecule has 1 atom stereocenters. The molecule has 3 aromatic rings. The Balaban J connectivity index is 1.85. The monoisotopic (exact) mass is 574 g/mol. The van der Waals surface area contributed by atoms with E-state index < -0.39 is 59.7 Å². The van der Waals surface area contributed by atoms with Crippen molar-refractivity contribution in [1.29, 1.82) is 0 Å². The number of rotatable bonds is 13. The van der Waals surface area contributed by atoms with Gasteiger partial charge in [-0.2, -0.15) is 13.5 Å². The molecule has 0 aliphatic heterocycles. The minimum absolute atomic E-state index is 0.0809. The van der Waals surface area contributed by atoms with Gasteiger partial charge < -0.3 is 14.6 Å². The van der Waals surface area contributed by atoms with Crippen molar-refractivity contribution < 1.29 is 32.0 Å². The summed E-state index contributed by atoms with van der Waals surface area (Å²) < 4.78 is 41.9. The molecule has 0 aliphatic rings. The summed E-state index contributed by atoms with van der Waals surface area (Å²) in [5, 5.41) is 14.1. The highest BCUT2D eigenvalue weighted by Gasteiger charge is 2.31. The number of carbonyl (C=O) groups is 1. The Morgan fingerprint density at radius 3 is 2.10 bits per heavy atom. The Bertz CT molecular complexity index is 1370. The van der Waals surface area contributed by atoms with E-state index in [4.69, 9.17) is 13.7 Å². The van der Waals surface area contributed by atoms with Crippen LogP contribution in [0.15, 0.2) is 71.7 Å². The van der Waals surface area contributed by atoms with Crippen LogP contribution in [0.25, 0.3) is 0 Å². The number of aromatic nitrogens is 2. The smallest absolute Gasteiger partial charge is 0.363 e. The fraction of sp³-hybridized carbons (Fsp3) is 0.370. The minimum atomic E-state index is -3.97. The van der Waals surface area contributed by atoms with Crippen LogP contribution < -0.4 is 5.43 Å². The first kappa shape index (κ1) is 30.2. The van der Waals surface area contributed by atoms with Crippen LogP contribution in [-0.4, -0.2) is 62.9 Å². The van der Waals surface area contributed by atoms with E-state index in [0.29, 0.717) is 6.61 Å². The number of benzene rings is 2. The Hall–Kier alpha value is -3.32. The maximum Gasteiger partial charge on any atom is 0.363 e. The molecule has 12 heteroatoms. The van der Waals surface area contributed by atoms with Crippen molar-refractivity contribution in [3.05, 3.63) is 93.9 Å². The van der Waals surface area contributed by atoms with Gasteiger partial charge in [0.2, 0.25) is 5.69 Å². The molecule has 2 aromatic carbocycles. The molecule has 1 unspecified atom stereocenters. The summed E-state index contributed by atoms with van der Waals surface area (Å²) in [7, 11) is -5.29. The molecule has 0 spiro atoms. The molecular weight excluding hydrogens is 540 g/mol. The van der Waals surface area contributed by atoms with Crippen molar-refractivity contribution in [2.75, 3.05) is 19.5 Å². The van der Waals surface area contributed by atoms with Crippen LogP contribution in [0.4, 0.5) is 0 Å². The van der Waals surface area contributed by atoms with Crippen LogP contribution in [0.2, 0.25) is 25.7 Å². The molecule has 1 N–H and O–H groups in total. The SMILES string of the molecule is C[Si](C)(C)CCOCn1cc(O)c(=O)c(C(=O)OCC(OS(C)(=O)=O)C(c2ccccc2)c2ccccc2)n1. The Kier molecular flexibility index (Phi) is 10.2. The summed E-state index contributed by atoms with van der Waals surface area (Å²) >= 11 is 0. The van der Waals surface area contributed by atoms with Crippen LogP contribution in [0.1, 0.15) is 27.5 Å². The van der Waals surface area contributed by atoms with Gasteiger partial charge in [-0.1, -0.05) is 80.3 Å². The predicted octanol–water partition coefficient (Wildman–Crippen LogP) is 3.59. The highest BCUT2D eigenvalue weighted by molar-refractivity contribution is 7.86. The van der Waals surface area contributed by atoms with Gasteiger partial charge in [-0.05, 0) is 17.2 Å². The van der Waals surface area contributed by atoms with E-state index >= 15 is 0 Å². The van der Waals surface area contributed by atoms with Gasteiger partial charge in [0.1, 0.15) is 19.4 Å². The Labute approximate surface area is 229 Å². The van der Waals surface area contributed by atoms with Crippen LogP contribution in [0, 0.1) is 0 Å². The zero-order chi connectivity index (χ0) is 28.6. The zero-order valence-corrected chi connectivity index (χ0v) is 24.3. The molecule has 0 fully saturated rings. The predicted molar refractivity (Wildman–Crippen MR) is 149 cm³/mol. The quantitative estimate of drug-likeness (QED) is 0.141. The lowest BCUT2D eigenvalue weighted by atomic mass is 9.87. The fourth-order valence-electron chi connectivity index (χ4n) is 3.83.